The Morgan fingerprint density at radius 1 is 1.17 bits per heavy atom. The summed E-state index contributed by atoms with van der Waals surface area (Å²) < 4.78 is 1.79. The molecule has 0 N–H and O–H groups in total. The molecule has 1 aromatic heterocycles. The first-order valence-corrected chi connectivity index (χ1v) is 6.44. The Labute approximate surface area is 112 Å². The van der Waals surface area contributed by atoms with Crippen LogP contribution in [0.2, 0.25) is 0 Å². The molecule has 0 aliphatic carbocycles. The molecule has 0 amide bonds. The predicted octanol–water partition coefficient (Wildman–Crippen LogP) is 2.59. The van der Waals surface area contributed by atoms with Crippen molar-refractivity contribution in [1.82, 2.24) is 9.78 Å². The van der Waals surface area contributed by atoms with E-state index in [4.69, 9.17) is 0 Å². The van der Waals surface area contributed by atoms with Crippen molar-refractivity contribution >= 4 is 12.6 Å². The summed E-state index contributed by atoms with van der Waals surface area (Å²) in [5, 5.41) is 4.36. The minimum Gasteiger partial charge on any atom is -0.288 e. The van der Waals surface area contributed by atoms with Gasteiger partial charge in [-0.25, -0.2) is 4.68 Å². The largest absolute Gasteiger partial charge is 0.288 e. The molecule has 0 fully saturated rings. The van der Waals surface area contributed by atoms with Crippen LogP contribution >= 0.6 is 12.6 Å². The maximum absolute atomic E-state index is 11.7. The van der Waals surface area contributed by atoms with Gasteiger partial charge in [0.05, 0.1) is 5.69 Å². The number of aryl methyl sites for hydroxylation is 3. The highest BCUT2D eigenvalue weighted by molar-refractivity contribution is 7.79. The van der Waals surface area contributed by atoms with E-state index in [0.29, 0.717) is 11.4 Å². The van der Waals surface area contributed by atoms with Gasteiger partial charge in [0.15, 0.2) is 0 Å². The molecule has 0 atom stereocenters. The van der Waals surface area contributed by atoms with Crippen LogP contribution in [0.3, 0.4) is 0 Å². The lowest BCUT2D eigenvalue weighted by atomic mass is 10.1. The van der Waals surface area contributed by atoms with Crippen molar-refractivity contribution in [2.24, 2.45) is 0 Å². The van der Waals surface area contributed by atoms with Crippen LogP contribution in [0, 0.1) is 20.8 Å². The zero-order valence-corrected chi connectivity index (χ0v) is 11.7. The molecular weight excluding hydrogens is 244 g/mol. The van der Waals surface area contributed by atoms with Gasteiger partial charge in [-0.1, -0.05) is 6.07 Å². The van der Waals surface area contributed by atoms with Crippen molar-refractivity contribution in [2.75, 3.05) is 0 Å². The summed E-state index contributed by atoms with van der Waals surface area (Å²) >= 11 is 4.13. The van der Waals surface area contributed by atoms with Gasteiger partial charge in [-0.2, -0.15) is 17.7 Å². The summed E-state index contributed by atoms with van der Waals surface area (Å²) in [5.74, 6) is 0.351. The number of aromatic nitrogens is 2. The Morgan fingerprint density at radius 2 is 1.89 bits per heavy atom. The van der Waals surface area contributed by atoms with Gasteiger partial charge in [-0.3, -0.25) is 4.79 Å². The molecule has 4 heteroatoms. The smallest absolute Gasteiger partial charge is 0.204 e. The number of benzene rings is 1. The van der Waals surface area contributed by atoms with E-state index in [-0.39, 0.29) is 5.43 Å². The third kappa shape index (κ3) is 2.34. The minimum atomic E-state index is -0.0532. The van der Waals surface area contributed by atoms with Gasteiger partial charge in [-0.15, -0.1) is 0 Å². The van der Waals surface area contributed by atoms with Crippen LogP contribution in [0.5, 0.6) is 0 Å². The van der Waals surface area contributed by atoms with E-state index in [0.717, 1.165) is 11.4 Å². The van der Waals surface area contributed by atoms with Crippen LogP contribution in [-0.2, 0) is 5.75 Å². The minimum absolute atomic E-state index is 0.0532. The normalized spacial score (nSPS) is 10.7. The average molecular weight is 260 g/mol. The summed E-state index contributed by atoms with van der Waals surface area (Å²) in [5.41, 5.74) is 4.67. The summed E-state index contributed by atoms with van der Waals surface area (Å²) in [6, 6.07) is 7.75. The summed E-state index contributed by atoms with van der Waals surface area (Å²) in [4.78, 5) is 11.7. The lowest BCUT2D eigenvalue weighted by Gasteiger charge is -2.12. The second-order valence-electron chi connectivity index (χ2n) is 4.44. The van der Waals surface area contributed by atoms with Crippen molar-refractivity contribution in [2.45, 2.75) is 26.5 Å². The summed E-state index contributed by atoms with van der Waals surface area (Å²) in [7, 11) is 0. The molecule has 0 radical (unpaired) electrons. The fraction of sp³-hybridized carbons (Fsp3) is 0.286. The van der Waals surface area contributed by atoms with E-state index in [2.05, 4.69) is 43.7 Å². The maximum atomic E-state index is 11.7. The van der Waals surface area contributed by atoms with Gasteiger partial charge in [0, 0.05) is 17.5 Å². The highest BCUT2D eigenvalue weighted by atomic mass is 32.1. The quantitative estimate of drug-likeness (QED) is 0.842. The van der Waals surface area contributed by atoms with E-state index in [1.807, 2.05) is 13.0 Å². The molecule has 0 saturated carbocycles. The van der Waals surface area contributed by atoms with Gasteiger partial charge in [0.2, 0.25) is 5.43 Å². The summed E-state index contributed by atoms with van der Waals surface area (Å²) in [6.45, 7) is 6.02. The molecule has 94 valence electrons. The fourth-order valence-corrected chi connectivity index (χ4v) is 2.03. The molecule has 0 saturated heterocycles. The second kappa shape index (κ2) is 4.98. The van der Waals surface area contributed by atoms with Crippen LogP contribution in [0.25, 0.3) is 5.69 Å². The SMILES string of the molecule is Cc1ccc(-n2nc(CS)c(=O)cc2C)cc1C. The van der Waals surface area contributed by atoms with Gasteiger partial charge in [0.25, 0.3) is 0 Å². The number of rotatable bonds is 2. The molecule has 0 aliphatic heterocycles. The fourth-order valence-electron chi connectivity index (χ4n) is 1.81. The first-order valence-electron chi connectivity index (χ1n) is 5.81. The number of hydrogen-bond donors (Lipinski definition) is 1. The number of thiol groups is 1. The monoisotopic (exact) mass is 260 g/mol. The zero-order chi connectivity index (χ0) is 13.3. The Bertz CT molecular complexity index is 647. The Kier molecular flexibility index (Phi) is 3.57. The Balaban J connectivity index is 2.63. The Morgan fingerprint density at radius 3 is 2.50 bits per heavy atom. The van der Waals surface area contributed by atoms with Crippen molar-refractivity contribution in [3.63, 3.8) is 0 Å². The molecule has 0 aliphatic rings. The molecule has 0 unspecified atom stereocenters. The Hall–Kier alpha value is -1.55. The standard InChI is InChI=1S/C14H16N2OS/c1-9-4-5-12(6-10(9)2)16-11(3)7-14(17)13(8-18)15-16/h4-7,18H,8H2,1-3H3. The first kappa shape index (κ1) is 12.9. The van der Waals surface area contributed by atoms with Crippen molar-refractivity contribution < 1.29 is 0 Å². The highest BCUT2D eigenvalue weighted by Gasteiger charge is 2.07. The van der Waals surface area contributed by atoms with Crippen molar-refractivity contribution in [3.05, 3.63) is 57.0 Å². The topological polar surface area (TPSA) is 34.9 Å². The van der Waals surface area contributed by atoms with E-state index in [1.54, 1.807) is 10.7 Å². The lowest BCUT2D eigenvalue weighted by Crippen LogP contribution is -2.17. The molecule has 2 rings (SSSR count). The van der Waals surface area contributed by atoms with Crippen LogP contribution in [-0.4, -0.2) is 9.78 Å². The third-order valence-electron chi connectivity index (χ3n) is 3.06. The predicted molar refractivity (Wildman–Crippen MR) is 76.7 cm³/mol. The summed E-state index contributed by atoms with van der Waals surface area (Å²) in [6.07, 6.45) is 0. The van der Waals surface area contributed by atoms with Crippen LogP contribution < -0.4 is 5.43 Å². The molecule has 0 bridgehead atoms. The van der Waals surface area contributed by atoms with E-state index in [9.17, 15) is 4.79 Å². The molecule has 1 aromatic carbocycles. The average Bonchev–Trinajstić information content (AvgIpc) is 2.33. The van der Waals surface area contributed by atoms with E-state index in [1.165, 1.54) is 11.1 Å². The van der Waals surface area contributed by atoms with Crippen LogP contribution in [0.4, 0.5) is 0 Å². The van der Waals surface area contributed by atoms with Crippen LogP contribution in [0.1, 0.15) is 22.5 Å². The van der Waals surface area contributed by atoms with Gasteiger partial charge >= 0.3 is 0 Å². The first-order chi connectivity index (χ1) is 8.52. The van der Waals surface area contributed by atoms with Crippen LogP contribution in [0.15, 0.2) is 29.1 Å². The van der Waals surface area contributed by atoms with E-state index >= 15 is 0 Å². The molecule has 1 heterocycles. The zero-order valence-electron chi connectivity index (χ0n) is 10.8. The molecule has 18 heavy (non-hydrogen) atoms. The van der Waals surface area contributed by atoms with Crippen molar-refractivity contribution in [1.29, 1.82) is 0 Å². The van der Waals surface area contributed by atoms with Crippen molar-refractivity contribution in [3.8, 4) is 5.69 Å². The second-order valence-corrected chi connectivity index (χ2v) is 4.75. The lowest BCUT2D eigenvalue weighted by molar-refractivity contribution is 0.773. The number of hydrogen-bond acceptors (Lipinski definition) is 3. The number of nitrogens with zero attached hydrogens (tertiary/aromatic N) is 2. The molecule has 3 nitrogen and oxygen atoms in total. The van der Waals surface area contributed by atoms with Gasteiger partial charge in [0.1, 0.15) is 5.69 Å². The molecular formula is C14H16N2OS. The molecule has 0 spiro atoms. The molecule has 2 aromatic rings. The maximum Gasteiger partial charge on any atom is 0.204 e. The van der Waals surface area contributed by atoms with Gasteiger partial charge < -0.3 is 0 Å². The van der Waals surface area contributed by atoms with E-state index < -0.39 is 0 Å². The third-order valence-corrected chi connectivity index (χ3v) is 3.36. The van der Waals surface area contributed by atoms with Gasteiger partial charge in [-0.05, 0) is 44.0 Å². The highest BCUT2D eigenvalue weighted by Crippen LogP contribution is 2.14.